The first-order valence-corrected chi connectivity index (χ1v) is 4.62. The van der Waals surface area contributed by atoms with E-state index in [4.69, 9.17) is 5.11 Å². The molecule has 74 valence electrons. The van der Waals surface area contributed by atoms with Gasteiger partial charge in [-0.05, 0) is 30.9 Å². The Morgan fingerprint density at radius 2 is 2.14 bits per heavy atom. The van der Waals surface area contributed by atoms with Crippen LogP contribution in [0.3, 0.4) is 0 Å². The second-order valence-corrected chi connectivity index (χ2v) is 3.49. The van der Waals surface area contributed by atoms with Crippen LogP contribution in [0.4, 0.5) is 0 Å². The zero-order valence-electron chi connectivity index (χ0n) is 7.69. The number of allylic oxidation sites excluding steroid dienone is 2. The Hall–Kier alpha value is -1.58. The second-order valence-electron chi connectivity index (χ2n) is 3.49. The van der Waals surface area contributed by atoms with E-state index in [2.05, 4.69) is 0 Å². The van der Waals surface area contributed by atoms with Crippen molar-refractivity contribution in [2.75, 3.05) is 6.54 Å². The molecule has 0 radical (unpaired) electrons. The first-order chi connectivity index (χ1) is 6.68. The topological polar surface area (TPSA) is 57.6 Å². The lowest BCUT2D eigenvalue weighted by atomic mass is 9.90. The SMILES string of the molecule is O=C(O)CN1C(=O)C=CC1=C1CCC1. The number of rotatable bonds is 2. The molecule has 0 bridgehead atoms. The number of carboxylic acid groups (broad SMARTS) is 1. The lowest BCUT2D eigenvalue weighted by Gasteiger charge is -2.24. The van der Waals surface area contributed by atoms with E-state index in [1.807, 2.05) is 0 Å². The number of aliphatic carboxylic acids is 1. The minimum atomic E-state index is -0.973. The Morgan fingerprint density at radius 3 is 2.64 bits per heavy atom. The quantitative estimate of drug-likeness (QED) is 0.709. The molecule has 2 rings (SSSR count). The lowest BCUT2D eigenvalue weighted by Crippen LogP contribution is -2.31. The molecule has 4 nitrogen and oxygen atoms in total. The molecule has 14 heavy (non-hydrogen) atoms. The number of amides is 1. The van der Waals surface area contributed by atoms with Gasteiger partial charge in [-0.3, -0.25) is 14.5 Å². The van der Waals surface area contributed by atoms with Crippen LogP contribution in [0.15, 0.2) is 23.4 Å². The summed E-state index contributed by atoms with van der Waals surface area (Å²) in [6.07, 6.45) is 6.28. The van der Waals surface area contributed by atoms with Gasteiger partial charge in [-0.25, -0.2) is 0 Å². The van der Waals surface area contributed by atoms with E-state index in [1.165, 1.54) is 16.5 Å². The zero-order valence-corrected chi connectivity index (χ0v) is 7.69. The monoisotopic (exact) mass is 193 g/mol. The first-order valence-electron chi connectivity index (χ1n) is 4.62. The normalized spacial score (nSPS) is 20.3. The predicted octanol–water partition coefficient (Wildman–Crippen LogP) is 0.907. The van der Waals surface area contributed by atoms with Crippen molar-refractivity contribution in [2.45, 2.75) is 19.3 Å². The van der Waals surface area contributed by atoms with Gasteiger partial charge >= 0.3 is 5.97 Å². The summed E-state index contributed by atoms with van der Waals surface area (Å²) in [5, 5.41) is 8.64. The Kier molecular flexibility index (Phi) is 2.11. The van der Waals surface area contributed by atoms with E-state index in [0.29, 0.717) is 0 Å². The molecule has 0 atom stereocenters. The van der Waals surface area contributed by atoms with E-state index < -0.39 is 5.97 Å². The van der Waals surface area contributed by atoms with Gasteiger partial charge in [0.2, 0.25) is 0 Å². The minimum absolute atomic E-state index is 0.221. The van der Waals surface area contributed by atoms with Gasteiger partial charge in [0.25, 0.3) is 5.91 Å². The van der Waals surface area contributed by atoms with Crippen LogP contribution in [0, 0.1) is 0 Å². The molecule has 0 aromatic rings. The summed E-state index contributed by atoms with van der Waals surface area (Å²) in [5.74, 6) is -1.19. The highest BCUT2D eigenvalue weighted by Crippen LogP contribution is 2.32. The smallest absolute Gasteiger partial charge is 0.323 e. The van der Waals surface area contributed by atoms with E-state index in [9.17, 15) is 9.59 Å². The Balaban J connectivity index is 2.20. The molecule has 1 aliphatic heterocycles. The zero-order chi connectivity index (χ0) is 10.1. The van der Waals surface area contributed by atoms with Crippen LogP contribution >= 0.6 is 0 Å². The Morgan fingerprint density at radius 1 is 1.43 bits per heavy atom. The number of carbonyl (C=O) groups is 2. The van der Waals surface area contributed by atoms with Gasteiger partial charge in [0, 0.05) is 11.8 Å². The highest BCUT2D eigenvalue weighted by atomic mass is 16.4. The van der Waals surface area contributed by atoms with E-state index in [1.54, 1.807) is 6.08 Å². The van der Waals surface area contributed by atoms with Gasteiger partial charge in [-0.2, -0.15) is 0 Å². The van der Waals surface area contributed by atoms with Crippen molar-refractivity contribution < 1.29 is 14.7 Å². The van der Waals surface area contributed by atoms with Crippen LogP contribution in [0.5, 0.6) is 0 Å². The average Bonchev–Trinajstić information content (AvgIpc) is 2.32. The molecule has 0 saturated heterocycles. The maximum absolute atomic E-state index is 11.3. The fourth-order valence-electron chi connectivity index (χ4n) is 1.67. The summed E-state index contributed by atoms with van der Waals surface area (Å²) in [6.45, 7) is -0.231. The molecule has 1 fully saturated rings. The molecule has 0 aromatic carbocycles. The average molecular weight is 193 g/mol. The highest BCUT2D eigenvalue weighted by molar-refractivity contribution is 5.95. The van der Waals surface area contributed by atoms with Crippen LogP contribution in [0.25, 0.3) is 0 Å². The molecular formula is C10H11NO3. The summed E-state index contributed by atoms with van der Waals surface area (Å²) in [5.41, 5.74) is 2.01. The van der Waals surface area contributed by atoms with Crippen molar-refractivity contribution in [3.05, 3.63) is 23.4 Å². The maximum atomic E-state index is 11.3. The minimum Gasteiger partial charge on any atom is -0.480 e. The predicted molar refractivity (Wildman–Crippen MR) is 49.4 cm³/mol. The van der Waals surface area contributed by atoms with Gasteiger partial charge in [-0.15, -0.1) is 0 Å². The van der Waals surface area contributed by atoms with Gasteiger partial charge in [0.1, 0.15) is 6.54 Å². The van der Waals surface area contributed by atoms with Crippen LogP contribution in [-0.2, 0) is 9.59 Å². The third-order valence-electron chi connectivity index (χ3n) is 2.55. The fraction of sp³-hybridized carbons (Fsp3) is 0.400. The maximum Gasteiger partial charge on any atom is 0.323 e. The van der Waals surface area contributed by atoms with Crippen LogP contribution in [-0.4, -0.2) is 28.4 Å². The summed E-state index contributed by atoms with van der Waals surface area (Å²) in [6, 6.07) is 0. The third kappa shape index (κ3) is 1.43. The van der Waals surface area contributed by atoms with Crippen LogP contribution in [0.2, 0.25) is 0 Å². The van der Waals surface area contributed by atoms with Crippen molar-refractivity contribution in [1.82, 2.24) is 4.90 Å². The first kappa shape index (κ1) is 8.99. The van der Waals surface area contributed by atoms with Crippen molar-refractivity contribution in [3.63, 3.8) is 0 Å². The molecule has 1 saturated carbocycles. The number of carboxylic acids is 1. The van der Waals surface area contributed by atoms with E-state index in [0.717, 1.165) is 25.0 Å². The van der Waals surface area contributed by atoms with Gasteiger partial charge in [-0.1, -0.05) is 0 Å². The molecule has 0 spiro atoms. The third-order valence-corrected chi connectivity index (χ3v) is 2.55. The number of hydrogen-bond acceptors (Lipinski definition) is 2. The number of hydrogen-bond donors (Lipinski definition) is 1. The highest BCUT2D eigenvalue weighted by Gasteiger charge is 2.26. The number of carbonyl (C=O) groups excluding carboxylic acids is 1. The molecule has 1 N–H and O–H groups in total. The van der Waals surface area contributed by atoms with Gasteiger partial charge < -0.3 is 5.11 Å². The van der Waals surface area contributed by atoms with Crippen molar-refractivity contribution in [3.8, 4) is 0 Å². The standard InChI is InChI=1S/C10H11NO3/c12-9-5-4-8(7-2-1-3-7)11(9)6-10(13)14/h4-5H,1-3,6H2,(H,13,14). The molecule has 0 unspecified atom stereocenters. The fourth-order valence-corrected chi connectivity index (χ4v) is 1.67. The van der Waals surface area contributed by atoms with Gasteiger partial charge in [0.05, 0.1) is 0 Å². The lowest BCUT2D eigenvalue weighted by molar-refractivity contribution is -0.141. The van der Waals surface area contributed by atoms with Crippen molar-refractivity contribution in [2.24, 2.45) is 0 Å². The van der Waals surface area contributed by atoms with Gasteiger partial charge in [0.15, 0.2) is 0 Å². The van der Waals surface area contributed by atoms with Crippen molar-refractivity contribution >= 4 is 11.9 Å². The van der Waals surface area contributed by atoms with E-state index in [-0.39, 0.29) is 12.5 Å². The summed E-state index contributed by atoms with van der Waals surface area (Å²) in [4.78, 5) is 23.2. The molecule has 1 aliphatic carbocycles. The molecule has 0 aromatic heterocycles. The number of nitrogens with zero attached hydrogens (tertiary/aromatic N) is 1. The molecule has 1 amide bonds. The molecule has 2 aliphatic rings. The summed E-state index contributed by atoms with van der Waals surface area (Å²) in [7, 11) is 0. The summed E-state index contributed by atoms with van der Waals surface area (Å²) >= 11 is 0. The van der Waals surface area contributed by atoms with Crippen LogP contribution < -0.4 is 0 Å². The molecular weight excluding hydrogens is 182 g/mol. The molecule has 1 heterocycles. The molecule has 4 heteroatoms. The summed E-state index contributed by atoms with van der Waals surface area (Å²) < 4.78 is 0. The van der Waals surface area contributed by atoms with E-state index >= 15 is 0 Å². The van der Waals surface area contributed by atoms with Crippen molar-refractivity contribution in [1.29, 1.82) is 0 Å². The Bertz CT molecular complexity index is 348. The second kappa shape index (κ2) is 3.29. The largest absolute Gasteiger partial charge is 0.480 e. The van der Waals surface area contributed by atoms with Crippen LogP contribution in [0.1, 0.15) is 19.3 Å². The Labute approximate surface area is 81.5 Å².